The molecule has 0 aliphatic heterocycles. The minimum Gasteiger partial charge on any atom is -0.353 e. The molecule has 0 saturated carbocycles. The first-order chi connectivity index (χ1) is 15.1. The Hall–Kier alpha value is -4.04. The van der Waals surface area contributed by atoms with Crippen LogP contribution in [0.3, 0.4) is 0 Å². The number of nitrogens with zero attached hydrogens (tertiary/aromatic N) is 4. The summed E-state index contributed by atoms with van der Waals surface area (Å²) in [7, 11) is 0. The van der Waals surface area contributed by atoms with Crippen molar-refractivity contribution in [2.45, 2.75) is 6.04 Å². The van der Waals surface area contributed by atoms with Gasteiger partial charge in [0.2, 0.25) is 11.6 Å². The molecule has 2 aromatic heterocycles. The molecule has 0 unspecified atom stereocenters. The summed E-state index contributed by atoms with van der Waals surface area (Å²) in [5, 5.41) is 18.3. The third kappa shape index (κ3) is 4.59. The lowest BCUT2D eigenvalue weighted by atomic mass is 9.99. The Morgan fingerprint density at radius 2 is 1.45 bits per heavy atom. The third-order valence-electron chi connectivity index (χ3n) is 4.56. The van der Waals surface area contributed by atoms with Crippen LogP contribution in [-0.4, -0.2) is 19.9 Å². The predicted octanol–water partition coefficient (Wildman–Crippen LogP) is 5.38. The number of hydrogen-bond donors (Lipinski definition) is 2. The third-order valence-corrected chi connectivity index (χ3v) is 4.87. The van der Waals surface area contributed by atoms with E-state index in [0.717, 1.165) is 11.1 Å². The summed E-state index contributed by atoms with van der Waals surface area (Å²) in [5.74, 6) is 0.0949. The second-order valence-corrected chi connectivity index (χ2v) is 6.90. The molecule has 2 N–H and O–H groups in total. The van der Waals surface area contributed by atoms with Crippen molar-refractivity contribution in [1.82, 2.24) is 15.0 Å². The van der Waals surface area contributed by atoms with Crippen LogP contribution in [0.5, 0.6) is 0 Å². The van der Waals surface area contributed by atoms with Crippen LogP contribution in [0.2, 0.25) is 5.15 Å². The molecule has 0 saturated heterocycles. The zero-order chi connectivity index (χ0) is 21.6. The number of nitro groups is 1. The SMILES string of the molecule is O=[N+]([O-])c1c(Nc2cccnc2Cl)ncnc1NC(c1ccccc1)c1ccccc1. The van der Waals surface area contributed by atoms with E-state index in [2.05, 4.69) is 25.6 Å². The first-order valence-electron chi connectivity index (χ1n) is 9.37. The lowest BCUT2D eigenvalue weighted by Gasteiger charge is -2.20. The van der Waals surface area contributed by atoms with Gasteiger partial charge in [0.25, 0.3) is 0 Å². The fourth-order valence-electron chi connectivity index (χ4n) is 3.14. The molecule has 4 rings (SSSR count). The quantitative estimate of drug-likeness (QED) is 0.229. The predicted molar refractivity (Wildman–Crippen MR) is 120 cm³/mol. The first kappa shape index (κ1) is 20.2. The fraction of sp³-hybridized carbons (Fsp3) is 0.0455. The minimum atomic E-state index is -0.526. The van der Waals surface area contributed by atoms with Crippen molar-refractivity contribution < 1.29 is 4.92 Å². The Labute approximate surface area is 183 Å². The van der Waals surface area contributed by atoms with Crippen LogP contribution in [0, 0.1) is 10.1 Å². The number of aromatic nitrogens is 3. The van der Waals surface area contributed by atoms with Crippen LogP contribution in [0.15, 0.2) is 85.3 Å². The van der Waals surface area contributed by atoms with Gasteiger partial charge in [-0.3, -0.25) is 10.1 Å². The molecule has 154 valence electrons. The van der Waals surface area contributed by atoms with Crippen molar-refractivity contribution in [3.8, 4) is 0 Å². The molecule has 0 amide bonds. The highest BCUT2D eigenvalue weighted by molar-refractivity contribution is 6.32. The van der Waals surface area contributed by atoms with Crippen molar-refractivity contribution in [3.05, 3.63) is 112 Å². The van der Waals surface area contributed by atoms with Gasteiger partial charge >= 0.3 is 5.69 Å². The number of benzene rings is 2. The molecule has 0 spiro atoms. The number of pyridine rings is 1. The zero-order valence-corrected chi connectivity index (χ0v) is 16.9. The van der Waals surface area contributed by atoms with Crippen LogP contribution in [0.4, 0.5) is 23.0 Å². The molecule has 9 heteroatoms. The van der Waals surface area contributed by atoms with Gasteiger partial charge in [-0.2, -0.15) is 0 Å². The van der Waals surface area contributed by atoms with Crippen LogP contribution in [0.25, 0.3) is 0 Å². The molecule has 0 bridgehead atoms. The maximum Gasteiger partial charge on any atom is 0.353 e. The van der Waals surface area contributed by atoms with Crippen LogP contribution in [0.1, 0.15) is 17.2 Å². The van der Waals surface area contributed by atoms with Crippen LogP contribution >= 0.6 is 11.6 Å². The van der Waals surface area contributed by atoms with E-state index in [4.69, 9.17) is 11.6 Å². The highest BCUT2D eigenvalue weighted by atomic mass is 35.5. The number of rotatable bonds is 7. The molecule has 2 heterocycles. The maximum atomic E-state index is 12.0. The van der Waals surface area contributed by atoms with Gasteiger partial charge < -0.3 is 10.6 Å². The molecule has 0 atom stereocenters. The standard InChI is InChI=1S/C22H17ClN6O2/c23-20-17(12-7-13-24-20)27-21-19(29(30)31)22(26-14-25-21)28-18(15-8-3-1-4-9-15)16-10-5-2-6-11-16/h1-14,18H,(H2,25,26,27,28). The van der Waals surface area contributed by atoms with Gasteiger partial charge in [-0.15, -0.1) is 0 Å². The molecule has 0 aliphatic carbocycles. The Bertz CT molecular complexity index is 1150. The zero-order valence-electron chi connectivity index (χ0n) is 16.1. The molecule has 8 nitrogen and oxygen atoms in total. The minimum absolute atomic E-state index is 0.0114. The summed E-state index contributed by atoms with van der Waals surface area (Å²) >= 11 is 6.09. The van der Waals surface area contributed by atoms with E-state index < -0.39 is 4.92 Å². The molecule has 0 aliphatic rings. The topological polar surface area (TPSA) is 106 Å². The maximum absolute atomic E-state index is 12.0. The van der Waals surface area contributed by atoms with E-state index in [1.807, 2.05) is 60.7 Å². The summed E-state index contributed by atoms with van der Waals surface area (Å²) in [6.07, 6.45) is 2.79. The Kier molecular flexibility index (Phi) is 6.00. The van der Waals surface area contributed by atoms with Gasteiger partial charge in [-0.25, -0.2) is 15.0 Å². The van der Waals surface area contributed by atoms with E-state index in [1.165, 1.54) is 12.5 Å². The summed E-state index contributed by atoms with van der Waals surface area (Å²) in [6.45, 7) is 0. The highest BCUT2D eigenvalue weighted by Gasteiger charge is 2.26. The van der Waals surface area contributed by atoms with E-state index in [1.54, 1.807) is 12.1 Å². The molecular weight excluding hydrogens is 416 g/mol. The lowest BCUT2D eigenvalue weighted by molar-refractivity contribution is -0.383. The monoisotopic (exact) mass is 432 g/mol. The molecule has 4 aromatic rings. The smallest absolute Gasteiger partial charge is 0.353 e. The van der Waals surface area contributed by atoms with Gasteiger partial charge in [0.1, 0.15) is 6.33 Å². The summed E-state index contributed by atoms with van der Waals surface area (Å²) < 4.78 is 0. The average Bonchev–Trinajstić information content (AvgIpc) is 2.80. The Morgan fingerprint density at radius 3 is 2.03 bits per heavy atom. The van der Waals surface area contributed by atoms with Crippen molar-refractivity contribution in [2.75, 3.05) is 10.6 Å². The van der Waals surface area contributed by atoms with Crippen molar-refractivity contribution in [3.63, 3.8) is 0 Å². The van der Waals surface area contributed by atoms with E-state index in [0.29, 0.717) is 5.69 Å². The molecule has 0 fully saturated rings. The number of hydrogen-bond acceptors (Lipinski definition) is 7. The molecule has 2 aromatic carbocycles. The van der Waals surface area contributed by atoms with Gasteiger partial charge in [-0.05, 0) is 23.3 Å². The van der Waals surface area contributed by atoms with Crippen molar-refractivity contribution in [2.24, 2.45) is 0 Å². The van der Waals surface area contributed by atoms with Crippen molar-refractivity contribution >= 4 is 34.6 Å². The van der Waals surface area contributed by atoms with Crippen molar-refractivity contribution in [1.29, 1.82) is 0 Å². The Morgan fingerprint density at radius 1 is 0.839 bits per heavy atom. The normalized spacial score (nSPS) is 10.6. The van der Waals surface area contributed by atoms with Crippen LogP contribution in [-0.2, 0) is 0 Å². The fourth-order valence-corrected chi connectivity index (χ4v) is 3.31. The molecular formula is C22H17ClN6O2. The highest BCUT2D eigenvalue weighted by Crippen LogP contribution is 2.35. The summed E-state index contributed by atoms with van der Waals surface area (Å²) in [5.41, 5.74) is 1.98. The van der Waals surface area contributed by atoms with E-state index in [-0.39, 0.29) is 28.5 Å². The van der Waals surface area contributed by atoms with E-state index in [9.17, 15) is 10.1 Å². The average molecular weight is 433 g/mol. The van der Waals surface area contributed by atoms with E-state index >= 15 is 0 Å². The molecule has 31 heavy (non-hydrogen) atoms. The van der Waals surface area contributed by atoms with Gasteiger partial charge in [0.05, 0.1) is 16.7 Å². The summed E-state index contributed by atoms with van der Waals surface area (Å²) in [4.78, 5) is 23.6. The number of anilines is 3. The summed E-state index contributed by atoms with van der Waals surface area (Å²) in [6, 6.07) is 22.3. The Balaban J connectivity index is 1.76. The second-order valence-electron chi connectivity index (χ2n) is 6.54. The lowest BCUT2D eigenvalue weighted by Crippen LogP contribution is -2.15. The van der Waals surface area contributed by atoms with Gasteiger partial charge in [0, 0.05) is 6.20 Å². The van der Waals surface area contributed by atoms with Gasteiger partial charge in [-0.1, -0.05) is 72.3 Å². The second kappa shape index (κ2) is 9.19. The number of nitrogens with one attached hydrogen (secondary N) is 2. The molecule has 0 radical (unpaired) electrons. The first-order valence-corrected chi connectivity index (χ1v) is 9.74. The van der Waals surface area contributed by atoms with Gasteiger partial charge in [0.15, 0.2) is 5.15 Å². The number of halogens is 1. The largest absolute Gasteiger partial charge is 0.353 e. The van der Waals surface area contributed by atoms with Crippen LogP contribution < -0.4 is 10.6 Å².